The van der Waals surface area contributed by atoms with E-state index in [0.717, 1.165) is 12.1 Å². The Morgan fingerprint density at radius 1 is 0.935 bits per heavy atom. The minimum Gasteiger partial charge on any atom is -0.496 e. The number of aliphatic imine (C=N–C) groups is 1. The third-order valence-electron chi connectivity index (χ3n) is 4.93. The van der Waals surface area contributed by atoms with Crippen molar-refractivity contribution in [2.75, 3.05) is 28.4 Å². The third-order valence-corrected chi connectivity index (χ3v) is 4.93. The molecular weight excluding hydrogens is 394 g/mol. The van der Waals surface area contributed by atoms with Gasteiger partial charge in [-0.1, -0.05) is 24.3 Å². The third kappa shape index (κ3) is 5.69. The normalized spacial score (nSPS) is 11.2. The summed E-state index contributed by atoms with van der Waals surface area (Å²) in [6.07, 6.45) is 3.74. The molecule has 0 aliphatic heterocycles. The highest BCUT2D eigenvalue weighted by molar-refractivity contribution is 5.79. The van der Waals surface area contributed by atoms with Gasteiger partial charge in [-0.3, -0.25) is 9.67 Å². The SMILES string of the molecule is CN=C(NCc1ccccc1Cn1cccn1)NCc1c(OC)cc(OC)cc1OC. The fourth-order valence-electron chi connectivity index (χ4n) is 3.28. The summed E-state index contributed by atoms with van der Waals surface area (Å²) in [5, 5.41) is 11.0. The zero-order chi connectivity index (χ0) is 22.1. The Morgan fingerprint density at radius 3 is 2.19 bits per heavy atom. The van der Waals surface area contributed by atoms with Gasteiger partial charge in [0.15, 0.2) is 5.96 Å². The molecule has 1 aromatic heterocycles. The van der Waals surface area contributed by atoms with E-state index in [1.54, 1.807) is 34.6 Å². The summed E-state index contributed by atoms with van der Waals surface area (Å²) < 4.78 is 18.3. The first-order valence-electron chi connectivity index (χ1n) is 9.96. The maximum Gasteiger partial charge on any atom is 0.191 e. The number of methoxy groups -OCH3 is 3. The van der Waals surface area contributed by atoms with E-state index in [0.29, 0.717) is 36.3 Å². The Morgan fingerprint density at radius 2 is 1.61 bits per heavy atom. The fraction of sp³-hybridized carbons (Fsp3) is 0.304. The molecule has 8 heteroatoms. The summed E-state index contributed by atoms with van der Waals surface area (Å²) in [6.45, 7) is 1.83. The van der Waals surface area contributed by atoms with Crippen molar-refractivity contribution in [3.63, 3.8) is 0 Å². The van der Waals surface area contributed by atoms with E-state index < -0.39 is 0 Å². The maximum atomic E-state index is 5.52. The number of benzene rings is 2. The molecule has 1 heterocycles. The van der Waals surface area contributed by atoms with Crippen molar-refractivity contribution in [2.24, 2.45) is 4.99 Å². The summed E-state index contributed by atoms with van der Waals surface area (Å²) in [5.41, 5.74) is 3.26. The van der Waals surface area contributed by atoms with Gasteiger partial charge in [0.2, 0.25) is 0 Å². The average molecular weight is 424 g/mol. The lowest BCUT2D eigenvalue weighted by Gasteiger charge is -2.18. The van der Waals surface area contributed by atoms with Gasteiger partial charge < -0.3 is 24.8 Å². The van der Waals surface area contributed by atoms with Crippen molar-refractivity contribution in [2.45, 2.75) is 19.6 Å². The van der Waals surface area contributed by atoms with Crippen LogP contribution in [-0.4, -0.2) is 44.1 Å². The van der Waals surface area contributed by atoms with Gasteiger partial charge in [0.05, 0.1) is 40.0 Å². The van der Waals surface area contributed by atoms with E-state index in [1.165, 1.54) is 11.1 Å². The fourth-order valence-corrected chi connectivity index (χ4v) is 3.28. The number of ether oxygens (including phenoxy) is 3. The standard InChI is InChI=1S/C23H29N5O3/c1-24-23(26-15-20-21(30-3)12-19(29-2)13-22(20)31-4)25-14-17-8-5-6-9-18(17)16-28-11-7-10-27-28/h5-13H,14-16H2,1-4H3,(H2,24,25,26). The van der Waals surface area contributed by atoms with Crippen LogP contribution in [-0.2, 0) is 19.6 Å². The molecule has 0 amide bonds. The zero-order valence-electron chi connectivity index (χ0n) is 18.4. The number of nitrogens with zero attached hydrogens (tertiary/aromatic N) is 3. The maximum absolute atomic E-state index is 5.52. The molecule has 2 N–H and O–H groups in total. The number of aromatic nitrogens is 2. The minimum atomic E-state index is 0.477. The van der Waals surface area contributed by atoms with Crippen molar-refractivity contribution < 1.29 is 14.2 Å². The van der Waals surface area contributed by atoms with Crippen LogP contribution in [0, 0.1) is 0 Å². The quantitative estimate of drug-likeness (QED) is 0.407. The minimum absolute atomic E-state index is 0.477. The molecule has 0 atom stereocenters. The molecule has 0 saturated heterocycles. The van der Waals surface area contributed by atoms with Gasteiger partial charge >= 0.3 is 0 Å². The molecule has 8 nitrogen and oxygen atoms in total. The van der Waals surface area contributed by atoms with Gasteiger partial charge in [0.25, 0.3) is 0 Å². The number of nitrogens with one attached hydrogen (secondary N) is 2. The summed E-state index contributed by atoms with van der Waals surface area (Å²) in [5.74, 6) is 2.72. The van der Waals surface area contributed by atoms with E-state index in [1.807, 2.05) is 41.2 Å². The lowest BCUT2D eigenvalue weighted by molar-refractivity contribution is 0.368. The van der Waals surface area contributed by atoms with Crippen LogP contribution in [0.25, 0.3) is 0 Å². The highest BCUT2D eigenvalue weighted by Gasteiger charge is 2.14. The smallest absolute Gasteiger partial charge is 0.191 e. The first-order valence-corrected chi connectivity index (χ1v) is 9.96. The van der Waals surface area contributed by atoms with Crippen LogP contribution in [0.1, 0.15) is 16.7 Å². The van der Waals surface area contributed by atoms with Crippen LogP contribution >= 0.6 is 0 Å². The molecule has 0 unspecified atom stereocenters. The predicted molar refractivity (Wildman–Crippen MR) is 121 cm³/mol. The van der Waals surface area contributed by atoms with Gasteiger partial charge in [-0.05, 0) is 17.2 Å². The van der Waals surface area contributed by atoms with E-state index in [4.69, 9.17) is 14.2 Å². The first kappa shape index (κ1) is 22.0. The van der Waals surface area contributed by atoms with Crippen LogP contribution in [0.3, 0.4) is 0 Å². The molecule has 3 rings (SSSR count). The number of hydrogen-bond donors (Lipinski definition) is 2. The summed E-state index contributed by atoms with van der Waals surface area (Å²) in [7, 11) is 6.61. The second-order valence-corrected chi connectivity index (χ2v) is 6.76. The molecule has 164 valence electrons. The summed E-state index contributed by atoms with van der Waals surface area (Å²) in [4.78, 5) is 4.34. The molecule has 0 aliphatic rings. The molecule has 0 bridgehead atoms. The highest BCUT2D eigenvalue weighted by Crippen LogP contribution is 2.33. The number of guanidine groups is 1. The van der Waals surface area contributed by atoms with Crippen molar-refractivity contribution >= 4 is 5.96 Å². The van der Waals surface area contributed by atoms with E-state index in [2.05, 4.69) is 32.9 Å². The molecule has 31 heavy (non-hydrogen) atoms. The molecule has 0 spiro atoms. The van der Waals surface area contributed by atoms with Gasteiger partial charge in [0, 0.05) is 38.1 Å². The number of hydrogen-bond acceptors (Lipinski definition) is 5. The molecule has 0 radical (unpaired) electrons. The molecule has 2 aromatic carbocycles. The second-order valence-electron chi connectivity index (χ2n) is 6.76. The Labute approximate surface area is 182 Å². The Hall–Kier alpha value is -3.68. The lowest BCUT2D eigenvalue weighted by atomic mass is 10.1. The van der Waals surface area contributed by atoms with Crippen LogP contribution in [0.5, 0.6) is 17.2 Å². The monoisotopic (exact) mass is 423 g/mol. The Kier molecular flexibility index (Phi) is 7.75. The number of rotatable bonds is 9. The van der Waals surface area contributed by atoms with Gasteiger partial charge in [-0.25, -0.2) is 0 Å². The van der Waals surface area contributed by atoms with Crippen molar-refractivity contribution in [3.8, 4) is 17.2 Å². The topological polar surface area (TPSA) is 81.9 Å². The van der Waals surface area contributed by atoms with Crippen LogP contribution in [0.2, 0.25) is 0 Å². The summed E-state index contributed by atoms with van der Waals surface area (Å²) >= 11 is 0. The first-order chi connectivity index (χ1) is 15.2. The lowest BCUT2D eigenvalue weighted by Crippen LogP contribution is -2.36. The van der Waals surface area contributed by atoms with Crippen molar-refractivity contribution in [1.82, 2.24) is 20.4 Å². The molecule has 3 aromatic rings. The van der Waals surface area contributed by atoms with Crippen LogP contribution in [0.4, 0.5) is 0 Å². The molecular formula is C23H29N5O3. The van der Waals surface area contributed by atoms with Crippen molar-refractivity contribution in [1.29, 1.82) is 0 Å². The predicted octanol–water partition coefficient (Wildman–Crippen LogP) is 2.82. The van der Waals surface area contributed by atoms with E-state index >= 15 is 0 Å². The highest BCUT2D eigenvalue weighted by atomic mass is 16.5. The Bertz CT molecular complexity index is 977. The Balaban J connectivity index is 1.66. The second kappa shape index (κ2) is 10.9. The van der Waals surface area contributed by atoms with Crippen molar-refractivity contribution in [3.05, 3.63) is 71.5 Å². The molecule has 0 saturated carbocycles. The van der Waals surface area contributed by atoms with Crippen LogP contribution in [0.15, 0.2) is 59.9 Å². The van der Waals surface area contributed by atoms with Gasteiger partial charge in [0.1, 0.15) is 17.2 Å². The van der Waals surface area contributed by atoms with Crippen LogP contribution < -0.4 is 24.8 Å². The molecule has 0 aliphatic carbocycles. The summed E-state index contributed by atoms with van der Waals surface area (Å²) in [6, 6.07) is 13.9. The van der Waals surface area contributed by atoms with Gasteiger partial charge in [-0.15, -0.1) is 0 Å². The largest absolute Gasteiger partial charge is 0.496 e. The van der Waals surface area contributed by atoms with E-state index in [9.17, 15) is 0 Å². The zero-order valence-corrected chi connectivity index (χ0v) is 18.4. The van der Waals surface area contributed by atoms with E-state index in [-0.39, 0.29) is 0 Å². The molecule has 0 fully saturated rings. The van der Waals surface area contributed by atoms with Gasteiger partial charge in [-0.2, -0.15) is 5.10 Å². The average Bonchev–Trinajstić information content (AvgIpc) is 3.32.